The summed E-state index contributed by atoms with van der Waals surface area (Å²) in [5.41, 5.74) is 0.269. The van der Waals surface area contributed by atoms with E-state index in [1.165, 1.54) is 18.2 Å². The fraction of sp³-hybridized carbons (Fsp3) is 0.0833. The van der Waals surface area contributed by atoms with Crippen molar-refractivity contribution in [2.24, 2.45) is 0 Å². The van der Waals surface area contributed by atoms with Gasteiger partial charge < -0.3 is 5.32 Å². The molecule has 4 rings (SSSR count). The molecular formula is C24H19FN4O3. The summed E-state index contributed by atoms with van der Waals surface area (Å²) in [7, 11) is 0. The van der Waals surface area contributed by atoms with Crippen molar-refractivity contribution in [3.05, 3.63) is 122 Å². The van der Waals surface area contributed by atoms with Crippen LogP contribution in [-0.4, -0.2) is 20.3 Å². The standard InChI is InChI=1S/C24H19FN4O3/c1-16-7-5-8-17(13-16)15-28-23(31)21(22(30)26-19-10-6-9-18(25)14-19)27-29(24(28)32)20-11-3-2-4-12-20/h2-14H,15H2,1H3,(H,26,30). The number of anilines is 1. The first-order valence-electron chi connectivity index (χ1n) is 9.84. The van der Waals surface area contributed by atoms with E-state index < -0.39 is 28.7 Å². The fourth-order valence-electron chi connectivity index (χ4n) is 3.28. The van der Waals surface area contributed by atoms with Gasteiger partial charge in [-0.25, -0.2) is 9.18 Å². The van der Waals surface area contributed by atoms with E-state index in [1.807, 2.05) is 25.1 Å². The highest BCUT2D eigenvalue weighted by molar-refractivity contribution is 6.02. The number of nitrogens with one attached hydrogen (secondary N) is 1. The Hall–Kier alpha value is -4.33. The van der Waals surface area contributed by atoms with Gasteiger partial charge in [0.15, 0.2) is 0 Å². The normalized spacial score (nSPS) is 10.7. The first-order chi connectivity index (χ1) is 15.4. The molecule has 1 amide bonds. The predicted molar refractivity (Wildman–Crippen MR) is 119 cm³/mol. The Labute approximate surface area is 182 Å². The van der Waals surface area contributed by atoms with E-state index >= 15 is 0 Å². The Balaban J connectivity index is 1.84. The number of halogens is 1. The molecule has 0 saturated heterocycles. The van der Waals surface area contributed by atoms with Crippen LogP contribution < -0.4 is 16.6 Å². The molecule has 0 bridgehead atoms. The van der Waals surface area contributed by atoms with Crippen molar-refractivity contribution < 1.29 is 9.18 Å². The summed E-state index contributed by atoms with van der Waals surface area (Å²) in [6, 6.07) is 21.1. The van der Waals surface area contributed by atoms with Crippen molar-refractivity contribution >= 4 is 11.6 Å². The summed E-state index contributed by atoms with van der Waals surface area (Å²) < 4.78 is 15.5. The lowest BCUT2D eigenvalue weighted by molar-refractivity contribution is 0.101. The molecule has 0 fully saturated rings. The van der Waals surface area contributed by atoms with Crippen LogP contribution in [0.25, 0.3) is 5.69 Å². The van der Waals surface area contributed by atoms with E-state index in [-0.39, 0.29) is 12.2 Å². The molecule has 1 aromatic heterocycles. The minimum Gasteiger partial charge on any atom is -0.320 e. The third-order valence-corrected chi connectivity index (χ3v) is 4.78. The average molecular weight is 430 g/mol. The number of carbonyl (C=O) groups is 1. The summed E-state index contributed by atoms with van der Waals surface area (Å²) in [5, 5.41) is 6.51. The molecule has 0 aliphatic heterocycles. The molecule has 4 aromatic rings. The Kier molecular flexibility index (Phi) is 5.76. The van der Waals surface area contributed by atoms with Crippen LogP contribution in [0.2, 0.25) is 0 Å². The maximum absolute atomic E-state index is 13.5. The maximum Gasteiger partial charge on any atom is 0.352 e. The summed E-state index contributed by atoms with van der Waals surface area (Å²) in [5.74, 6) is -1.38. The fourth-order valence-corrected chi connectivity index (χ4v) is 3.28. The van der Waals surface area contributed by atoms with Crippen molar-refractivity contribution in [1.29, 1.82) is 0 Å². The largest absolute Gasteiger partial charge is 0.352 e. The van der Waals surface area contributed by atoms with Gasteiger partial charge in [0.2, 0.25) is 5.69 Å². The second-order valence-electron chi connectivity index (χ2n) is 7.22. The van der Waals surface area contributed by atoms with Crippen LogP contribution in [0.5, 0.6) is 0 Å². The van der Waals surface area contributed by atoms with Crippen LogP contribution >= 0.6 is 0 Å². The van der Waals surface area contributed by atoms with Crippen molar-refractivity contribution in [3.8, 4) is 5.69 Å². The van der Waals surface area contributed by atoms with Crippen molar-refractivity contribution in [2.75, 3.05) is 5.32 Å². The molecular weight excluding hydrogens is 411 g/mol. The van der Waals surface area contributed by atoms with Gasteiger partial charge >= 0.3 is 5.69 Å². The Morgan fingerprint density at radius 3 is 2.44 bits per heavy atom. The molecule has 0 radical (unpaired) electrons. The number of para-hydroxylation sites is 1. The maximum atomic E-state index is 13.5. The Morgan fingerprint density at radius 1 is 0.969 bits per heavy atom. The third kappa shape index (κ3) is 4.39. The van der Waals surface area contributed by atoms with Crippen LogP contribution in [0.3, 0.4) is 0 Å². The van der Waals surface area contributed by atoms with Gasteiger partial charge in [0.05, 0.1) is 12.2 Å². The monoisotopic (exact) mass is 430 g/mol. The number of aryl methyl sites for hydroxylation is 1. The van der Waals surface area contributed by atoms with Crippen LogP contribution in [0.15, 0.2) is 88.5 Å². The lowest BCUT2D eigenvalue weighted by Gasteiger charge is -2.12. The lowest BCUT2D eigenvalue weighted by atomic mass is 10.1. The van der Waals surface area contributed by atoms with E-state index in [4.69, 9.17) is 0 Å². The summed E-state index contributed by atoms with van der Waals surface area (Å²) in [6.07, 6.45) is 0. The number of amides is 1. The highest BCUT2D eigenvalue weighted by Crippen LogP contribution is 2.10. The number of hydrogen-bond donors (Lipinski definition) is 1. The lowest BCUT2D eigenvalue weighted by Crippen LogP contribution is -2.45. The van der Waals surface area contributed by atoms with Crippen LogP contribution in [0.4, 0.5) is 10.1 Å². The molecule has 1 N–H and O–H groups in total. The SMILES string of the molecule is Cc1cccc(Cn2c(=O)c(C(=O)Nc3cccc(F)c3)nn(-c3ccccc3)c2=O)c1. The minimum atomic E-state index is -0.844. The van der Waals surface area contributed by atoms with E-state index in [2.05, 4.69) is 10.4 Å². The molecule has 3 aromatic carbocycles. The van der Waals surface area contributed by atoms with Gasteiger partial charge in [-0.05, 0) is 42.8 Å². The zero-order chi connectivity index (χ0) is 22.7. The van der Waals surface area contributed by atoms with Gasteiger partial charge in [0, 0.05) is 5.69 Å². The second-order valence-corrected chi connectivity index (χ2v) is 7.22. The number of aromatic nitrogens is 3. The molecule has 8 heteroatoms. The molecule has 0 unspecified atom stereocenters. The van der Waals surface area contributed by atoms with Gasteiger partial charge in [0.1, 0.15) is 5.82 Å². The molecule has 1 heterocycles. The first-order valence-corrected chi connectivity index (χ1v) is 9.84. The predicted octanol–water partition coefficient (Wildman–Crippen LogP) is 3.14. The van der Waals surface area contributed by atoms with Gasteiger partial charge in [-0.1, -0.05) is 54.1 Å². The molecule has 0 aliphatic carbocycles. The van der Waals surface area contributed by atoms with Crippen molar-refractivity contribution in [1.82, 2.24) is 14.3 Å². The number of rotatable bonds is 5. The molecule has 32 heavy (non-hydrogen) atoms. The molecule has 160 valence electrons. The number of benzene rings is 3. The van der Waals surface area contributed by atoms with Crippen LogP contribution in [0.1, 0.15) is 21.6 Å². The molecule has 0 atom stereocenters. The van der Waals surface area contributed by atoms with Crippen molar-refractivity contribution in [2.45, 2.75) is 13.5 Å². The second kappa shape index (κ2) is 8.81. The van der Waals surface area contributed by atoms with Gasteiger partial charge in [-0.15, -0.1) is 0 Å². The summed E-state index contributed by atoms with van der Waals surface area (Å²) >= 11 is 0. The molecule has 0 aliphatic rings. The third-order valence-electron chi connectivity index (χ3n) is 4.78. The summed E-state index contributed by atoms with van der Waals surface area (Å²) in [6.45, 7) is 1.87. The highest BCUT2D eigenvalue weighted by Gasteiger charge is 2.21. The van der Waals surface area contributed by atoms with E-state index in [1.54, 1.807) is 36.4 Å². The average Bonchev–Trinajstić information content (AvgIpc) is 2.77. The van der Waals surface area contributed by atoms with Crippen molar-refractivity contribution in [3.63, 3.8) is 0 Å². The van der Waals surface area contributed by atoms with Gasteiger partial charge in [-0.3, -0.25) is 14.2 Å². The van der Waals surface area contributed by atoms with Crippen LogP contribution in [0, 0.1) is 12.7 Å². The zero-order valence-electron chi connectivity index (χ0n) is 17.2. The summed E-state index contributed by atoms with van der Waals surface area (Å²) in [4.78, 5) is 39.1. The molecule has 7 nitrogen and oxygen atoms in total. The molecule has 0 saturated carbocycles. The number of hydrogen-bond acceptors (Lipinski definition) is 4. The highest BCUT2D eigenvalue weighted by atomic mass is 19.1. The van der Waals surface area contributed by atoms with Gasteiger partial charge in [-0.2, -0.15) is 9.78 Å². The number of carbonyl (C=O) groups excluding carboxylic acids is 1. The molecule has 0 spiro atoms. The smallest absolute Gasteiger partial charge is 0.320 e. The minimum absolute atomic E-state index is 0.0328. The quantitative estimate of drug-likeness (QED) is 0.527. The topological polar surface area (TPSA) is 86.0 Å². The van der Waals surface area contributed by atoms with Crippen LogP contribution in [-0.2, 0) is 6.54 Å². The Bertz CT molecular complexity index is 1410. The van der Waals surface area contributed by atoms with Gasteiger partial charge in [0.25, 0.3) is 11.5 Å². The number of nitrogens with zero attached hydrogens (tertiary/aromatic N) is 3. The first kappa shape index (κ1) is 20.9. The van der Waals surface area contributed by atoms with E-state index in [0.29, 0.717) is 5.69 Å². The Morgan fingerprint density at radius 2 is 1.72 bits per heavy atom. The van der Waals surface area contributed by atoms with E-state index in [0.717, 1.165) is 26.4 Å². The zero-order valence-corrected chi connectivity index (χ0v) is 17.2. The van der Waals surface area contributed by atoms with E-state index in [9.17, 15) is 18.8 Å².